The molecular weight excluding hydrogens is 365 g/mol. The third kappa shape index (κ3) is 8.44. The van der Waals surface area contributed by atoms with Gasteiger partial charge >= 0.3 is 0 Å². The second-order valence-electron chi connectivity index (χ2n) is 7.45. The van der Waals surface area contributed by atoms with Crippen LogP contribution in [0.2, 0.25) is 5.02 Å². The molecule has 2 aromatic rings. The summed E-state index contributed by atoms with van der Waals surface area (Å²) in [5, 5.41) is 4.26. The number of nitrogens with one attached hydrogen (secondary N) is 1. The van der Waals surface area contributed by atoms with Gasteiger partial charge in [0.05, 0.1) is 6.61 Å². The molecule has 2 nitrogen and oxygen atoms in total. The van der Waals surface area contributed by atoms with Gasteiger partial charge < -0.3 is 10.1 Å². The molecule has 0 unspecified atom stereocenters. The molecule has 0 saturated heterocycles. The summed E-state index contributed by atoms with van der Waals surface area (Å²) in [7, 11) is 0. The van der Waals surface area contributed by atoms with Crippen molar-refractivity contribution in [2.45, 2.75) is 52.0 Å². The van der Waals surface area contributed by atoms with E-state index >= 15 is 0 Å². The minimum Gasteiger partial charge on any atom is -0.493 e. The van der Waals surface area contributed by atoms with Gasteiger partial charge in [0.25, 0.3) is 0 Å². The normalized spacial score (nSPS) is 11.1. The molecule has 4 heteroatoms. The molecule has 0 bridgehead atoms. The molecule has 0 fully saturated rings. The van der Waals surface area contributed by atoms with Crippen LogP contribution in [-0.4, -0.2) is 18.7 Å². The molecular formula is C22H31Cl2NO. The summed E-state index contributed by atoms with van der Waals surface area (Å²) in [5.41, 5.74) is 2.40. The van der Waals surface area contributed by atoms with Crippen LogP contribution in [0, 0.1) is 0 Å². The van der Waals surface area contributed by atoms with Crippen molar-refractivity contribution in [2.24, 2.45) is 0 Å². The second-order valence-corrected chi connectivity index (χ2v) is 7.88. The minimum absolute atomic E-state index is 0. The first-order valence-corrected chi connectivity index (χ1v) is 9.56. The zero-order valence-corrected chi connectivity index (χ0v) is 17.6. The number of unbranched alkanes of at least 4 members (excludes halogenated alkanes) is 3. The van der Waals surface area contributed by atoms with Gasteiger partial charge in [-0.15, -0.1) is 12.4 Å². The zero-order valence-electron chi connectivity index (χ0n) is 16.1. The molecule has 0 aliphatic heterocycles. The van der Waals surface area contributed by atoms with Crippen LogP contribution in [0.1, 0.15) is 46.5 Å². The van der Waals surface area contributed by atoms with Crippen molar-refractivity contribution < 1.29 is 4.74 Å². The van der Waals surface area contributed by atoms with Gasteiger partial charge in [-0.3, -0.25) is 0 Å². The average molecular weight is 396 g/mol. The Balaban J connectivity index is 0.00000338. The third-order valence-electron chi connectivity index (χ3n) is 4.01. The van der Waals surface area contributed by atoms with Crippen LogP contribution in [-0.2, 0) is 0 Å². The third-order valence-corrected chi connectivity index (χ3v) is 4.25. The standard InChI is InChI=1S/C22H30ClNO.ClH/c1-22(2,3)24-15-9-4-5-10-16-25-21-14-13-19(23)17-20(21)18-11-7-6-8-12-18;/h6-8,11-14,17,24H,4-5,9-10,15-16H2,1-3H3;1H. The fourth-order valence-corrected chi connectivity index (χ4v) is 2.87. The van der Waals surface area contributed by atoms with Crippen LogP contribution < -0.4 is 10.1 Å². The molecule has 0 aromatic heterocycles. The Kier molecular flexibility index (Phi) is 10.1. The smallest absolute Gasteiger partial charge is 0.127 e. The molecule has 2 aromatic carbocycles. The number of hydrogen-bond acceptors (Lipinski definition) is 2. The Morgan fingerprint density at radius 3 is 2.31 bits per heavy atom. The first-order chi connectivity index (χ1) is 12.0. The van der Waals surface area contributed by atoms with Crippen LogP contribution in [0.15, 0.2) is 48.5 Å². The summed E-state index contributed by atoms with van der Waals surface area (Å²) >= 11 is 6.17. The number of rotatable bonds is 9. The van der Waals surface area contributed by atoms with Crippen molar-refractivity contribution in [3.8, 4) is 16.9 Å². The van der Waals surface area contributed by atoms with Gasteiger partial charge in [-0.1, -0.05) is 54.8 Å². The molecule has 0 saturated carbocycles. The van der Waals surface area contributed by atoms with Crippen LogP contribution in [0.5, 0.6) is 5.75 Å². The highest BCUT2D eigenvalue weighted by molar-refractivity contribution is 6.31. The topological polar surface area (TPSA) is 21.3 Å². The highest BCUT2D eigenvalue weighted by Gasteiger charge is 2.08. The van der Waals surface area contributed by atoms with Crippen molar-refractivity contribution in [2.75, 3.05) is 13.2 Å². The van der Waals surface area contributed by atoms with E-state index < -0.39 is 0 Å². The van der Waals surface area contributed by atoms with Crippen molar-refractivity contribution >= 4 is 24.0 Å². The predicted octanol–water partition coefficient (Wildman–Crippen LogP) is 6.76. The van der Waals surface area contributed by atoms with E-state index in [0.29, 0.717) is 0 Å². The van der Waals surface area contributed by atoms with E-state index in [1.165, 1.54) is 19.3 Å². The summed E-state index contributed by atoms with van der Waals surface area (Å²) in [4.78, 5) is 0. The van der Waals surface area contributed by atoms with Gasteiger partial charge in [0, 0.05) is 16.1 Å². The van der Waals surface area contributed by atoms with Crippen molar-refractivity contribution in [1.82, 2.24) is 5.32 Å². The van der Waals surface area contributed by atoms with E-state index in [0.717, 1.165) is 41.5 Å². The lowest BCUT2D eigenvalue weighted by Crippen LogP contribution is -2.36. The summed E-state index contributed by atoms with van der Waals surface area (Å²) < 4.78 is 6.03. The number of halogens is 2. The zero-order chi connectivity index (χ0) is 18.1. The SMILES string of the molecule is CC(C)(C)NCCCCCCOc1ccc(Cl)cc1-c1ccccc1.Cl. The highest BCUT2D eigenvalue weighted by atomic mass is 35.5. The van der Waals surface area contributed by atoms with Gasteiger partial charge in [0.15, 0.2) is 0 Å². The Hall–Kier alpha value is -1.22. The van der Waals surface area contributed by atoms with Crippen LogP contribution in [0.4, 0.5) is 0 Å². The van der Waals surface area contributed by atoms with Crippen LogP contribution in [0.25, 0.3) is 11.1 Å². The van der Waals surface area contributed by atoms with E-state index in [9.17, 15) is 0 Å². The summed E-state index contributed by atoms with van der Waals surface area (Å²) in [6, 6.07) is 16.1. The van der Waals surface area contributed by atoms with Gasteiger partial charge in [-0.2, -0.15) is 0 Å². The lowest BCUT2D eigenvalue weighted by molar-refractivity contribution is 0.305. The van der Waals surface area contributed by atoms with E-state index in [1.54, 1.807) is 0 Å². The molecule has 0 heterocycles. The average Bonchev–Trinajstić information content (AvgIpc) is 2.58. The summed E-state index contributed by atoms with van der Waals surface area (Å²) in [5.74, 6) is 0.907. The highest BCUT2D eigenvalue weighted by Crippen LogP contribution is 2.32. The number of benzene rings is 2. The Morgan fingerprint density at radius 1 is 0.923 bits per heavy atom. The Morgan fingerprint density at radius 2 is 1.62 bits per heavy atom. The van der Waals surface area contributed by atoms with Gasteiger partial charge in [0.1, 0.15) is 5.75 Å². The molecule has 0 aliphatic rings. The maximum absolute atomic E-state index is 6.17. The second kappa shape index (κ2) is 11.5. The molecule has 0 aliphatic carbocycles. The molecule has 26 heavy (non-hydrogen) atoms. The van der Waals surface area contributed by atoms with E-state index in [-0.39, 0.29) is 17.9 Å². The summed E-state index contributed by atoms with van der Waals surface area (Å²) in [6.45, 7) is 8.44. The molecule has 0 atom stereocenters. The van der Waals surface area contributed by atoms with Crippen molar-refractivity contribution in [3.05, 3.63) is 53.6 Å². The molecule has 0 radical (unpaired) electrons. The Labute approximate surface area is 169 Å². The van der Waals surface area contributed by atoms with Gasteiger partial charge in [0.2, 0.25) is 0 Å². The van der Waals surface area contributed by atoms with Gasteiger partial charge in [-0.05, 0) is 63.9 Å². The van der Waals surface area contributed by atoms with E-state index in [2.05, 4.69) is 38.2 Å². The van der Waals surface area contributed by atoms with E-state index in [4.69, 9.17) is 16.3 Å². The maximum atomic E-state index is 6.17. The van der Waals surface area contributed by atoms with Gasteiger partial charge in [-0.25, -0.2) is 0 Å². The lowest BCUT2D eigenvalue weighted by Gasteiger charge is -2.20. The van der Waals surface area contributed by atoms with Crippen LogP contribution in [0.3, 0.4) is 0 Å². The van der Waals surface area contributed by atoms with Crippen molar-refractivity contribution in [1.29, 1.82) is 0 Å². The fraction of sp³-hybridized carbons (Fsp3) is 0.455. The lowest BCUT2D eigenvalue weighted by atomic mass is 10.0. The molecule has 0 spiro atoms. The molecule has 1 N–H and O–H groups in total. The summed E-state index contributed by atoms with van der Waals surface area (Å²) in [6.07, 6.45) is 4.72. The monoisotopic (exact) mass is 395 g/mol. The van der Waals surface area contributed by atoms with E-state index in [1.807, 2.05) is 36.4 Å². The molecule has 0 amide bonds. The first kappa shape index (κ1) is 22.8. The number of hydrogen-bond donors (Lipinski definition) is 1. The first-order valence-electron chi connectivity index (χ1n) is 9.18. The maximum Gasteiger partial charge on any atom is 0.127 e. The van der Waals surface area contributed by atoms with Crippen LogP contribution >= 0.6 is 24.0 Å². The number of ether oxygens (including phenoxy) is 1. The van der Waals surface area contributed by atoms with Crippen molar-refractivity contribution in [3.63, 3.8) is 0 Å². The molecule has 2 rings (SSSR count). The Bertz CT molecular complexity index is 638. The molecule has 144 valence electrons. The largest absolute Gasteiger partial charge is 0.493 e. The predicted molar refractivity (Wildman–Crippen MR) is 116 cm³/mol. The minimum atomic E-state index is 0. The fourth-order valence-electron chi connectivity index (χ4n) is 2.70. The quantitative estimate of drug-likeness (QED) is 0.473.